The van der Waals surface area contributed by atoms with Crippen LogP contribution in [-0.2, 0) is 32.7 Å². The largest absolute Gasteiger partial charge is 0.756 e. The second-order valence-electron chi connectivity index (χ2n) is 17.8. The van der Waals surface area contributed by atoms with E-state index in [4.69, 9.17) is 18.5 Å². The Balaban J connectivity index is 2.50. The first-order valence-electron chi connectivity index (χ1n) is 23.3. The van der Waals surface area contributed by atoms with Crippen LogP contribution >= 0.6 is 7.82 Å². The van der Waals surface area contributed by atoms with Gasteiger partial charge >= 0.3 is 11.9 Å². The first kappa shape index (κ1) is 55.4. The van der Waals surface area contributed by atoms with Crippen LogP contribution in [0.25, 0.3) is 0 Å². The maximum atomic E-state index is 12.8. The molecule has 13 heteroatoms. The number of phosphoric acid groups is 1. The fourth-order valence-corrected chi connectivity index (χ4v) is 8.06. The highest BCUT2D eigenvalue weighted by molar-refractivity contribution is 7.45. The highest BCUT2D eigenvalue weighted by Crippen LogP contribution is 2.38. The maximum Gasteiger partial charge on any atom is 0.309 e. The summed E-state index contributed by atoms with van der Waals surface area (Å²) in [5.74, 6) is -1.73. The van der Waals surface area contributed by atoms with Crippen LogP contribution in [0.5, 0.6) is 0 Å². The minimum atomic E-state index is -4.70. The van der Waals surface area contributed by atoms with Gasteiger partial charge in [0.2, 0.25) is 0 Å². The Kier molecular flexibility index (Phi) is 31.9. The van der Waals surface area contributed by atoms with E-state index >= 15 is 0 Å². The standard InChI is InChI=1S/C46H86NO11P/c1-6-8-10-11-12-13-14-15-16-17-18-19-20-21-22-23-25-31-46(52)58-40(38-57-59(53,54)56-35-34-47(3,4)5)37-55-45(51)30-27-26-29-41-42(44(50)36-43(41)49)33-32-39(48)28-24-9-7-2/h26-27,32-33,39-44,48-50H,6-25,28-31,34-38H2,1-5H3/b27-26-,33-32+/t39-,40-,41+,42-,43+,44-/m1/s1. The van der Waals surface area contributed by atoms with Crippen LogP contribution in [0, 0.1) is 11.8 Å². The van der Waals surface area contributed by atoms with Crippen molar-refractivity contribution in [1.82, 2.24) is 0 Å². The number of carbonyl (C=O) groups excluding carboxylic acids is 2. The number of carbonyl (C=O) groups is 2. The van der Waals surface area contributed by atoms with Crippen molar-refractivity contribution in [1.29, 1.82) is 0 Å². The van der Waals surface area contributed by atoms with Crippen molar-refractivity contribution in [2.75, 3.05) is 47.5 Å². The van der Waals surface area contributed by atoms with E-state index in [1.165, 1.54) is 83.5 Å². The molecule has 0 bridgehead atoms. The van der Waals surface area contributed by atoms with Crippen LogP contribution in [0.1, 0.15) is 174 Å². The molecule has 346 valence electrons. The highest BCUT2D eigenvalue weighted by Gasteiger charge is 2.39. The number of nitrogens with zero attached hydrogens (tertiary/aromatic N) is 1. The number of hydrogen-bond donors (Lipinski definition) is 3. The summed E-state index contributed by atoms with van der Waals surface area (Å²) in [6.07, 6.45) is 29.0. The predicted molar refractivity (Wildman–Crippen MR) is 233 cm³/mol. The van der Waals surface area contributed by atoms with Crippen molar-refractivity contribution in [2.45, 2.75) is 199 Å². The number of hydrogen-bond acceptors (Lipinski definition) is 11. The van der Waals surface area contributed by atoms with Crippen molar-refractivity contribution in [3.05, 3.63) is 24.3 Å². The molecule has 0 aromatic heterocycles. The Morgan fingerprint density at radius 2 is 1.29 bits per heavy atom. The molecule has 1 aliphatic rings. The molecule has 7 atom stereocenters. The molecule has 0 spiro atoms. The van der Waals surface area contributed by atoms with E-state index in [2.05, 4.69) is 13.8 Å². The molecule has 0 aromatic rings. The molecule has 0 radical (unpaired) electrons. The van der Waals surface area contributed by atoms with Crippen LogP contribution in [0.2, 0.25) is 0 Å². The van der Waals surface area contributed by atoms with E-state index in [0.717, 1.165) is 38.5 Å². The number of esters is 2. The van der Waals surface area contributed by atoms with Gasteiger partial charge in [0.15, 0.2) is 6.10 Å². The molecule has 0 aliphatic heterocycles. The number of likely N-dealkylation sites (N-methyl/N-ethyl adjacent to an activating group) is 1. The SMILES string of the molecule is CCCCCCCCCCCCCCCCCCCC(=O)O[C@H](COC(=O)C/C=C\C[C@H]1[C@@H](/C=C/[C@H](O)CCCCC)[C@H](O)C[C@@H]1O)COP(=O)([O-])OCC[N+](C)(C)C. The third kappa shape index (κ3) is 31.0. The first-order valence-corrected chi connectivity index (χ1v) is 24.8. The van der Waals surface area contributed by atoms with Gasteiger partial charge in [0.25, 0.3) is 7.82 Å². The van der Waals surface area contributed by atoms with Crippen molar-refractivity contribution < 1.29 is 57.4 Å². The van der Waals surface area contributed by atoms with Crippen LogP contribution in [0.15, 0.2) is 24.3 Å². The fourth-order valence-electron chi connectivity index (χ4n) is 7.33. The number of rotatable bonds is 38. The van der Waals surface area contributed by atoms with Crippen LogP contribution in [0.4, 0.5) is 0 Å². The topological polar surface area (TPSA) is 172 Å². The zero-order valence-electron chi connectivity index (χ0n) is 37.8. The maximum absolute atomic E-state index is 12.8. The van der Waals surface area contributed by atoms with E-state index in [0.29, 0.717) is 30.3 Å². The van der Waals surface area contributed by atoms with Crippen molar-refractivity contribution >= 4 is 19.8 Å². The lowest BCUT2D eigenvalue weighted by Crippen LogP contribution is -2.37. The van der Waals surface area contributed by atoms with E-state index in [1.54, 1.807) is 24.3 Å². The van der Waals surface area contributed by atoms with Gasteiger partial charge < -0.3 is 43.2 Å². The summed E-state index contributed by atoms with van der Waals surface area (Å²) in [5.41, 5.74) is 0. The quantitative estimate of drug-likeness (QED) is 0.0178. The van der Waals surface area contributed by atoms with Crippen LogP contribution < -0.4 is 4.89 Å². The second kappa shape index (κ2) is 33.9. The number of ether oxygens (including phenoxy) is 2. The van der Waals surface area contributed by atoms with Gasteiger partial charge in [-0.2, -0.15) is 0 Å². The fraction of sp³-hybridized carbons (Fsp3) is 0.870. The smallest absolute Gasteiger partial charge is 0.309 e. The molecular weight excluding hydrogens is 773 g/mol. The third-order valence-electron chi connectivity index (χ3n) is 11.1. The van der Waals surface area contributed by atoms with E-state index in [1.807, 2.05) is 21.1 Å². The van der Waals surface area contributed by atoms with Gasteiger partial charge in [-0.25, -0.2) is 0 Å². The lowest BCUT2D eigenvalue weighted by molar-refractivity contribution is -0.870. The summed E-state index contributed by atoms with van der Waals surface area (Å²) in [6, 6.07) is 0. The summed E-state index contributed by atoms with van der Waals surface area (Å²) >= 11 is 0. The number of unbranched alkanes of at least 4 members (excludes halogenated alkanes) is 18. The first-order chi connectivity index (χ1) is 28.2. The predicted octanol–water partition coefficient (Wildman–Crippen LogP) is 8.88. The molecule has 1 aliphatic carbocycles. The Morgan fingerprint density at radius 1 is 0.746 bits per heavy atom. The van der Waals surface area contributed by atoms with E-state index in [-0.39, 0.29) is 37.7 Å². The molecule has 12 nitrogen and oxygen atoms in total. The molecule has 59 heavy (non-hydrogen) atoms. The molecule has 0 aromatic carbocycles. The molecule has 0 amide bonds. The Bertz CT molecular complexity index is 1180. The summed E-state index contributed by atoms with van der Waals surface area (Å²) in [5, 5.41) is 31.4. The molecular formula is C46H86NO11P. The monoisotopic (exact) mass is 860 g/mol. The van der Waals surface area contributed by atoms with Crippen molar-refractivity contribution in [3.8, 4) is 0 Å². The van der Waals surface area contributed by atoms with Gasteiger partial charge in [-0.1, -0.05) is 160 Å². The van der Waals surface area contributed by atoms with Crippen LogP contribution in [-0.4, -0.2) is 104 Å². The van der Waals surface area contributed by atoms with Gasteiger partial charge in [0.1, 0.15) is 19.8 Å². The lowest BCUT2D eigenvalue weighted by Gasteiger charge is -2.28. The van der Waals surface area contributed by atoms with Crippen molar-refractivity contribution in [3.63, 3.8) is 0 Å². The minimum Gasteiger partial charge on any atom is -0.756 e. The number of quaternary nitrogens is 1. The summed E-state index contributed by atoms with van der Waals surface area (Å²) in [4.78, 5) is 37.8. The zero-order chi connectivity index (χ0) is 43.8. The van der Waals surface area contributed by atoms with Crippen LogP contribution in [0.3, 0.4) is 0 Å². The third-order valence-corrected chi connectivity index (χ3v) is 12.0. The minimum absolute atomic E-state index is 0.0791. The lowest BCUT2D eigenvalue weighted by atomic mass is 9.89. The Morgan fingerprint density at radius 3 is 1.85 bits per heavy atom. The number of aliphatic hydroxyl groups excluding tert-OH is 3. The number of allylic oxidation sites excluding steroid dienone is 1. The molecule has 1 fully saturated rings. The normalized spacial score (nSPS) is 20.6. The molecule has 1 saturated carbocycles. The average molecular weight is 860 g/mol. The van der Waals surface area contributed by atoms with Gasteiger partial charge in [0.05, 0.1) is 52.5 Å². The van der Waals surface area contributed by atoms with Crippen molar-refractivity contribution in [2.24, 2.45) is 11.8 Å². The average Bonchev–Trinajstić information content (AvgIpc) is 3.44. The second-order valence-corrected chi connectivity index (χ2v) is 19.2. The summed E-state index contributed by atoms with van der Waals surface area (Å²) < 4.78 is 33.8. The molecule has 3 N–H and O–H groups in total. The Hall–Kier alpha value is -1.63. The Labute approximate surface area is 358 Å². The van der Waals surface area contributed by atoms with Gasteiger partial charge in [-0.15, -0.1) is 0 Å². The van der Waals surface area contributed by atoms with E-state index in [9.17, 15) is 34.4 Å². The van der Waals surface area contributed by atoms with Gasteiger partial charge in [-0.3, -0.25) is 14.2 Å². The number of phosphoric ester groups is 1. The zero-order valence-corrected chi connectivity index (χ0v) is 38.7. The summed E-state index contributed by atoms with van der Waals surface area (Å²) in [6.45, 7) is 3.76. The number of aliphatic hydroxyl groups is 3. The molecule has 0 heterocycles. The van der Waals surface area contributed by atoms with Gasteiger partial charge in [0, 0.05) is 18.8 Å². The van der Waals surface area contributed by atoms with Gasteiger partial charge in [-0.05, 0) is 25.2 Å². The summed E-state index contributed by atoms with van der Waals surface area (Å²) in [7, 11) is 1.00. The molecule has 1 unspecified atom stereocenters. The van der Waals surface area contributed by atoms with E-state index < -0.39 is 57.4 Å². The molecule has 0 saturated heterocycles. The molecule has 1 rings (SSSR count). The highest BCUT2D eigenvalue weighted by atomic mass is 31.2.